The molecule has 0 spiro atoms. The number of anilines is 1. The molecule has 0 radical (unpaired) electrons. The van der Waals surface area contributed by atoms with E-state index in [0.717, 1.165) is 36.2 Å². The molecule has 0 aliphatic carbocycles. The van der Waals surface area contributed by atoms with Gasteiger partial charge in [-0.3, -0.25) is 14.5 Å². The Bertz CT molecular complexity index is 1150. The average molecular weight is 419 g/mol. The summed E-state index contributed by atoms with van der Waals surface area (Å²) in [4.78, 5) is 16.0. The second-order valence-corrected chi connectivity index (χ2v) is 7.58. The van der Waals surface area contributed by atoms with Crippen LogP contribution in [0.5, 0.6) is 0 Å². The van der Waals surface area contributed by atoms with E-state index in [1.54, 1.807) is 30.9 Å². The molecule has 1 atom stereocenters. The van der Waals surface area contributed by atoms with Crippen molar-refractivity contribution in [2.45, 2.75) is 33.4 Å². The summed E-state index contributed by atoms with van der Waals surface area (Å²) in [5, 5.41) is 3.34. The highest BCUT2D eigenvalue weighted by atomic mass is 19.1. The second kappa shape index (κ2) is 9.22. The fourth-order valence-electron chi connectivity index (χ4n) is 3.64. The quantitative estimate of drug-likeness (QED) is 0.438. The van der Waals surface area contributed by atoms with E-state index in [0.29, 0.717) is 11.6 Å². The lowest BCUT2D eigenvalue weighted by Gasteiger charge is -2.18. The summed E-state index contributed by atoms with van der Waals surface area (Å²) >= 11 is 0. The van der Waals surface area contributed by atoms with Crippen LogP contribution in [0, 0.1) is 5.82 Å². The first-order valence-electron chi connectivity index (χ1n) is 10.6. The lowest BCUT2D eigenvalue weighted by molar-refractivity contribution is 0.296. The number of imidazole rings is 1. The summed E-state index contributed by atoms with van der Waals surface area (Å²) in [6.45, 7) is 9.28. The highest BCUT2D eigenvalue weighted by molar-refractivity contribution is 5.77. The summed E-state index contributed by atoms with van der Waals surface area (Å²) in [5.41, 5.74) is 4.14. The second-order valence-electron chi connectivity index (χ2n) is 7.58. The molecule has 160 valence electrons. The fourth-order valence-corrected chi connectivity index (χ4v) is 3.64. The number of fused-ring (bicyclic) bond motifs is 1. The number of hydrogen-bond acceptors (Lipinski definition) is 5. The molecule has 7 heteroatoms. The molecule has 6 nitrogen and oxygen atoms in total. The van der Waals surface area contributed by atoms with Crippen LogP contribution in [0.1, 0.15) is 37.9 Å². The summed E-state index contributed by atoms with van der Waals surface area (Å²) in [7, 11) is 0. The van der Waals surface area contributed by atoms with E-state index >= 15 is 0 Å². The molecule has 1 N–H and O–H groups in total. The highest BCUT2D eigenvalue weighted by Crippen LogP contribution is 2.22. The topological polar surface area (TPSA) is 58.9 Å². The molecule has 2 aromatic carbocycles. The Balaban J connectivity index is 1.60. The largest absolute Gasteiger partial charge is 0.362 e. The molecule has 2 aromatic heterocycles. The van der Waals surface area contributed by atoms with E-state index < -0.39 is 0 Å². The van der Waals surface area contributed by atoms with E-state index in [1.165, 1.54) is 17.7 Å². The van der Waals surface area contributed by atoms with Gasteiger partial charge in [0.05, 0.1) is 23.4 Å². The van der Waals surface area contributed by atoms with E-state index in [4.69, 9.17) is 4.98 Å². The van der Waals surface area contributed by atoms with Gasteiger partial charge in [0.25, 0.3) is 0 Å². The first kappa shape index (κ1) is 20.9. The molecule has 2 heterocycles. The molecule has 0 saturated heterocycles. The molecule has 0 fully saturated rings. The Labute approximate surface area is 181 Å². The van der Waals surface area contributed by atoms with Crippen LogP contribution in [-0.4, -0.2) is 37.5 Å². The van der Waals surface area contributed by atoms with Crippen molar-refractivity contribution in [1.29, 1.82) is 0 Å². The van der Waals surface area contributed by atoms with Gasteiger partial charge in [0, 0.05) is 12.6 Å². The summed E-state index contributed by atoms with van der Waals surface area (Å²) in [6, 6.07) is 12.8. The lowest BCUT2D eigenvalue weighted by Crippen LogP contribution is -2.22. The normalized spacial score (nSPS) is 12.4. The predicted octanol–water partition coefficient (Wildman–Crippen LogP) is 4.97. The minimum Gasteiger partial charge on any atom is -0.362 e. The standard InChI is InChI=1S/C24H27FN6/c1-4-30(5-2)15-18-6-11-21-22(12-18)31(16-27-21)24-14-26-13-23(29-24)28-17(3)19-7-9-20(25)10-8-19/h6-14,16-17H,4-5,15H2,1-3H3,(H,28,29). The predicted molar refractivity (Wildman–Crippen MR) is 122 cm³/mol. The Hall–Kier alpha value is -3.32. The lowest BCUT2D eigenvalue weighted by atomic mass is 10.1. The number of aromatic nitrogens is 4. The maximum Gasteiger partial charge on any atom is 0.159 e. The SMILES string of the molecule is CCN(CC)Cc1ccc2ncn(-c3cncc(NC(C)c4ccc(F)cc4)n3)c2c1. The van der Waals surface area contributed by atoms with Crippen LogP contribution in [0.2, 0.25) is 0 Å². The molecular weight excluding hydrogens is 391 g/mol. The molecule has 31 heavy (non-hydrogen) atoms. The maximum atomic E-state index is 13.2. The maximum absolute atomic E-state index is 13.2. The van der Waals surface area contributed by atoms with Crippen molar-refractivity contribution in [3.63, 3.8) is 0 Å². The fraction of sp³-hybridized carbons (Fsp3) is 0.292. The molecule has 0 aliphatic heterocycles. The monoisotopic (exact) mass is 418 g/mol. The van der Waals surface area contributed by atoms with Crippen molar-refractivity contribution in [2.75, 3.05) is 18.4 Å². The molecule has 0 saturated carbocycles. The van der Waals surface area contributed by atoms with Crippen LogP contribution < -0.4 is 5.32 Å². The summed E-state index contributed by atoms with van der Waals surface area (Å²) < 4.78 is 15.2. The highest BCUT2D eigenvalue weighted by Gasteiger charge is 2.11. The third-order valence-corrected chi connectivity index (χ3v) is 5.52. The minimum atomic E-state index is -0.245. The first-order chi connectivity index (χ1) is 15.1. The van der Waals surface area contributed by atoms with Crippen molar-refractivity contribution < 1.29 is 4.39 Å². The zero-order valence-corrected chi connectivity index (χ0v) is 18.1. The summed E-state index contributed by atoms with van der Waals surface area (Å²) in [6.07, 6.45) is 5.20. The van der Waals surface area contributed by atoms with Gasteiger partial charge in [0.2, 0.25) is 0 Å². The van der Waals surface area contributed by atoms with Crippen LogP contribution in [0.15, 0.2) is 61.2 Å². The number of hydrogen-bond donors (Lipinski definition) is 1. The molecule has 0 bridgehead atoms. The molecule has 1 unspecified atom stereocenters. The van der Waals surface area contributed by atoms with Gasteiger partial charge >= 0.3 is 0 Å². The van der Waals surface area contributed by atoms with Crippen molar-refractivity contribution in [3.8, 4) is 5.82 Å². The number of benzene rings is 2. The third kappa shape index (κ3) is 4.72. The minimum absolute atomic E-state index is 0.0367. The number of halogens is 1. The Kier molecular flexibility index (Phi) is 6.23. The van der Waals surface area contributed by atoms with Crippen molar-refractivity contribution in [2.24, 2.45) is 0 Å². The van der Waals surface area contributed by atoms with E-state index in [1.807, 2.05) is 11.5 Å². The van der Waals surface area contributed by atoms with Crippen LogP contribution in [0.25, 0.3) is 16.9 Å². The summed E-state index contributed by atoms with van der Waals surface area (Å²) in [5.74, 6) is 1.10. The average Bonchev–Trinajstić information content (AvgIpc) is 3.21. The van der Waals surface area contributed by atoms with Crippen molar-refractivity contribution in [3.05, 3.63) is 78.1 Å². The van der Waals surface area contributed by atoms with Gasteiger partial charge in [0.1, 0.15) is 18.0 Å². The Morgan fingerprint density at radius 1 is 1.06 bits per heavy atom. The van der Waals surface area contributed by atoms with Gasteiger partial charge in [-0.1, -0.05) is 32.0 Å². The van der Waals surface area contributed by atoms with Crippen molar-refractivity contribution in [1.82, 2.24) is 24.4 Å². The van der Waals surface area contributed by atoms with Crippen LogP contribution in [0.4, 0.5) is 10.2 Å². The van der Waals surface area contributed by atoms with E-state index in [9.17, 15) is 4.39 Å². The zero-order chi connectivity index (χ0) is 21.8. The zero-order valence-electron chi connectivity index (χ0n) is 18.1. The van der Waals surface area contributed by atoms with Gasteiger partial charge in [-0.15, -0.1) is 0 Å². The number of nitrogens with one attached hydrogen (secondary N) is 1. The molecule has 4 aromatic rings. The van der Waals surface area contributed by atoms with Gasteiger partial charge in [-0.25, -0.2) is 14.4 Å². The van der Waals surface area contributed by atoms with Gasteiger partial charge < -0.3 is 5.32 Å². The van der Waals surface area contributed by atoms with Crippen LogP contribution in [-0.2, 0) is 6.54 Å². The van der Waals surface area contributed by atoms with Crippen LogP contribution in [0.3, 0.4) is 0 Å². The smallest absolute Gasteiger partial charge is 0.159 e. The van der Waals surface area contributed by atoms with E-state index in [-0.39, 0.29) is 11.9 Å². The van der Waals surface area contributed by atoms with Gasteiger partial charge in [-0.05, 0) is 55.4 Å². The Morgan fingerprint density at radius 2 is 1.84 bits per heavy atom. The van der Waals surface area contributed by atoms with Gasteiger partial charge in [0.15, 0.2) is 5.82 Å². The molecule has 4 rings (SSSR count). The van der Waals surface area contributed by atoms with Gasteiger partial charge in [-0.2, -0.15) is 0 Å². The molecule has 0 amide bonds. The molecular formula is C24H27FN6. The number of rotatable bonds is 8. The number of nitrogens with zero attached hydrogens (tertiary/aromatic N) is 5. The van der Waals surface area contributed by atoms with Crippen molar-refractivity contribution >= 4 is 16.9 Å². The third-order valence-electron chi connectivity index (χ3n) is 5.52. The first-order valence-corrected chi connectivity index (χ1v) is 10.6. The molecule has 0 aliphatic rings. The van der Waals surface area contributed by atoms with E-state index in [2.05, 4.69) is 52.2 Å². The van der Waals surface area contributed by atoms with Crippen LogP contribution >= 0.6 is 0 Å². The Morgan fingerprint density at radius 3 is 2.58 bits per heavy atom.